The first-order chi connectivity index (χ1) is 32.2. The lowest BCUT2D eigenvalue weighted by Gasteiger charge is -2.19. The maximum atomic E-state index is 12.4. The lowest BCUT2D eigenvalue weighted by Crippen LogP contribution is -2.45. The Bertz CT molecular complexity index is 1210. The maximum Gasteiger partial charge on any atom is 0.220 e. The predicted octanol–water partition coefficient (Wildman–Crippen LogP) is 18.5. The highest BCUT2D eigenvalue weighted by Crippen LogP contribution is 2.16. The number of hydrogen-bond donors (Lipinski definition) is 3. The van der Waals surface area contributed by atoms with Crippen LogP contribution in [0.1, 0.15) is 264 Å². The van der Waals surface area contributed by atoms with E-state index in [1.165, 1.54) is 161 Å². The molecule has 0 aromatic rings. The quantitative estimate of drug-likeness (QED) is 0.0421. The van der Waals surface area contributed by atoms with Gasteiger partial charge in [0.25, 0.3) is 0 Å². The van der Waals surface area contributed by atoms with Crippen LogP contribution in [0.3, 0.4) is 0 Å². The van der Waals surface area contributed by atoms with Gasteiger partial charge in [-0.1, -0.05) is 265 Å². The summed E-state index contributed by atoms with van der Waals surface area (Å²) in [5, 5.41) is 23.1. The molecule has 0 saturated heterocycles. The molecule has 0 rings (SSSR count). The van der Waals surface area contributed by atoms with E-state index in [4.69, 9.17) is 0 Å². The number of amides is 1. The van der Waals surface area contributed by atoms with Gasteiger partial charge in [-0.3, -0.25) is 4.79 Å². The largest absolute Gasteiger partial charge is 0.394 e. The van der Waals surface area contributed by atoms with Gasteiger partial charge in [-0.25, -0.2) is 0 Å². The van der Waals surface area contributed by atoms with Crippen LogP contribution in [-0.4, -0.2) is 34.9 Å². The van der Waals surface area contributed by atoms with Crippen molar-refractivity contribution < 1.29 is 15.0 Å². The normalized spacial score (nSPS) is 13.6. The van der Waals surface area contributed by atoms with E-state index in [2.05, 4.69) is 104 Å². The van der Waals surface area contributed by atoms with Crippen molar-refractivity contribution in [3.05, 3.63) is 97.2 Å². The van der Waals surface area contributed by atoms with E-state index in [9.17, 15) is 15.0 Å². The minimum Gasteiger partial charge on any atom is -0.394 e. The van der Waals surface area contributed by atoms with Crippen molar-refractivity contribution in [2.45, 2.75) is 276 Å². The average Bonchev–Trinajstić information content (AvgIpc) is 3.31. The number of aliphatic hydroxyl groups excluding tert-OH is 2. The molecule has 2 unspecified atom stereocenters. The van der Waals surface area contributed by atoms with Crippen molar-refractivity contribution in [1.29, 1.82) is 0 Å². The summed E-state index contributed by atoms with van der Waals surface area (Å²) in [4.78, 5) is 12.4. The minimum atomic E-state index is -0.887. The van der Waals surface area contributed by atoms with E-state index in [1.54, 1.807) is 6.08 Å². The lowest BCUT2D eigenvalue weighted by molar-refractivity contribution is -0.123. The second kappa shape index (κ2) is 55.6. The smallest absolute Gasteiger partial charge is 0.220 e. The second-order valence-electron chi connectivity index (χ2n) is 18.6. The first kappa shape index (κ1) is 62.3. The van der Waals surface area contributed by atoms with Gasteiger partial charge in [0, 0.05) is 6.42 Å². The molecule has 0 aromatic heterocycles. The SMILES string of the molecule is CC/C=C\C/C=C\C/C=C\C/C=C\C/C=C\CCCCCCCC(=O)NC(CO)C(O)/C=C/CC/C=C/CC/C=C/CCCCCCCCCCCCCCCCCCCCCCCC. The van der Waals surface area contributed by atoms with Gasteiger partial charge < -0.3 is 15.5 Å². The molecule has 0 bridgehead atoms. The van der Waals surface area contributed by atoms with Crippen LogP contribution in [0.5, 0.6) is 0 Å². The Kier molecular flexibility index (Phi) is 53.3. The Hall–Kier alpha value is -2.69. The molecule has 0 saturated carbocycles. The number of hydrogen-bond acceptors (Lipinski definition) is 3. The molecule has 0 fully saturated rings. The summed E-state index contributed by atoms with van der Waals surface area (Å²) in [6.07, 6.45) is 82.9. The van der Waals surface area contributed by atoms with E-state index in [0.717, 1.165) is 83.5 Å². The highest BCUT2D eigenvalue weighted by Gasteiger charge is 2.17. The summed E-state index contributed by atoms with van der Waals surface area (Å²) in [7, 11) is 0. The fraction of sp³-hybridized carbons (Fsp3) is 0.721. The Labute approximate surface area is 404 Å². The number of aliphatic hydroxyl groups is 2. The highest BCUT2D eigenvalue weighted by molar-refractivity contribution is 5.76. The fourth-order valence-electron chi connectivity index (χ4n) is 8.06. The van der Waals surface area contributed by atoms with Crippen LogP contribution in [0.15, 0.2) is 97.2 Å². The molecule has 65 heavy (non-hydrogen) atoms. The van der Waals surface area contributed by atoms with Crippen LogP contribution < -0.4 is 5.32 Å². The lowest BCUT2D eigenvalue weighted by atomic mass is 10.0. The molecule has 0 aromatic carbocycles. The van der Waals surface area contributed by atoms with Crippen LogP contribution in [0.25, 0.3) is 0 Å². The Morgan fingerprint density at radius 2 is 0.692 bits per heavy atom. The molecule has 0 aliphatic carbocycles. The van der Waals surface area contributed by atoms with E-state index >= 15 is 0 Å². The molecular weight excluding hydrogens is 795 g/mol. The van der Waals surface area contributed by atoms with E-state index in [1.807, 2.05) is 6.08 Å². The predicted molar refractivity (Wildman–Crippen MR) is 290 cm³/mol. The van der Waals surface area contributed by atoms with E-state index in [-0.39, 0.29) is 12.5 Å². The zero-order valence-corrected chi connectivity index (χ0v) is 43.0. The average molecular weight is 903 g/mol. The second-order valence-corrected chi connectivity index (χ2v) is 18.6. The van der Waals surface area contributed by atoms with E-state index < -0.39 is 12.1 Å². The molecule has 374 valence electrons. The van der Waals surface area contributed by atoms with Gasteiger partial charge in [0.2, 0.25) is 5.91 Å². The molecule has 0 aliphatic rings. The number of carbonyl (C=O) groups excluding carboxylic acids is 1. The molecule has 1 amide bonds. The summed E-state index contributed by atoms with van der Waals surface area (Å²) >= 11 is 0. The van der Waals surface area contributed by atoms with Crippen LogP contribution in [0.4, 0.5) is 0 Å². The van der Waals surface area contributed by atoms with Gasteiger partial charge in [-0.05, 0) is 89.9 Å². The summed E-state index contributed by atoms with van der Waals surface area (Å²) in [6, 6.07) is -0.664. The number of unbranched alkanes of at least 4 members (excludes halogenated alkanes) is 29. The zero-order valence-electron chi connectivity index (χ0n) is 43.0. The number of rotatable bonds is 50. The first-order valence-corrected chi connectivity index (χ1v) is 28.0. The Balaban J connectivity index is 3.61. The molecular formula is C61H107NO3. The van der Waals surface area contributed by atoms with Gasteiger partial charge in [0.15, 0.2) is 0 Å². The van der Waals surface area contributed by atoms with Crippen molar-refractivity contribution >= 4 is 5.91 Å². The maximum absolute atomic E-state index is 12.4. The molecule has 4 nitrogen and oxygen atoms in total. The number of allylic oxidation sites excluding steroid dienone is 15. The van der Waals surface area contributed by atoms with Gasteiger partial charge >= 0.3 is 0 Å². The summed E-state index contributed by atoms with van der Waals surface area (Å²) in [5.74, 6) is -0.0988. The van der Waals surface area contributed by atoms with Crippen LogP contribution in [0.2, 0.25) is 0 Å². The van der Waals surface area contributed by atoms with Crippen LogP contribution in [-0.2, 0) is 4.79 Å². The monoisotopic (exact) mass is 902 g/mol. The van der Waals surface area contributed by atoms with Gasteiger partial charge in [-0.15, -0.1) is 0 Å². The third kappa shape index (κ3) is 52.1. The van der Waals surface area contributed by atoms with Gasteiger partial charge in [0.05, 0.1) is 18.8 Å². The third-order valence-electron chi connectivity index (χ3n) is 12.3. The topological polar surface area (TPSA) is 69.6 Å². The zero-order chi connectivity index (χ0) is 47.0. The number of carbonyl (C=O) groups is 1. The van der Waals surface area contributed by atoms with Crippen molar-refractivity contribution in [3.8, 4) is 0 Å². The molecule has 3 N–H and O–H groups in total. The minimum absolute atomic E-state index is 0.0988. The molecule has 0 spiro atoms. The Morgan fingerprint density at radius 1 is 0.385 bits per heavy atom. The van der Waals surface area contributed by atoms with Gasteiger partial charge in [0.1, 0.15) is 0 Å². The standard InChI is InChI=1S/C61H107NO3/c1-3-5-7-9-11-13-15-17-19-21-23-25-26-27-28-29-30-31-32-33-34-35-37-38-40-42-44-46-48-50-52-54-56-60(64)59(58-63)62-61(65)57-55-53-51-49-47-45-43-41-39-36-24-22-20-18-16-14-12-10-8-6-4-2/h6,8,12,14,18,20,24,36,38,40-41,43,46,48,54,56,59-60,63-64H,3-5,7,9-11,13,15-17,19,21-23,25-35,37,39,42,44-45,47,49-53,55,57-58H2,1-2H3,(H,62,65)/b8-6-,14-12-,20-18-,36-24-,40-38+,43-41-,48-46+,56-54+. The fourth-order valence-corrected chi connectivity index (χ4v) is 8.06. The van der Waals surface area contributed by atoms with Crippen LogP contribution in [0, 0.1) is 0 Å². The summed E-state index contributed by atoms with van der Waals surface area (Å²) < 4.78 is 0. The number of nitrogens with one attached hydrogen (secondary N) is 1. The molecule has 0 heterocycles. The van der Waals surface area contributed by atoms with Crippen molar-refractivity contribution in [3.63, 3.8) is 0 Å². The van der Waals surface area contributed by atoms with Gasteiger partial charge in [-0.2, -0.15) is 0 Å². The highest BCUT2D eigenvalue weighted by atomic mass is 16.3. The summed E-state index contributed by atoms with van der Waals surface area (Å²) in [6.45, 7) is 4.18. The molecule has 0 radical (unpaired) electrons. The Morgan fingerprint density at radius 3 is 1.08 bits per heavy atom. The van der Waals surface area contributed by atoms with E-state index in [0.29, 0.717) is 6.42 Å². The summed E-state index contributed by atoms with van der Waals surface area (Å²) in [5.41, 5.74) is 0. The third-order valence-corrected chi connectivity index (χ3v) is 12.3. The van der Waals surface area contributed by atoms with Crippen LogP contribution >= 0.6 is 0 Å². The van der Waals surface area contributed by atoms with Crippen molar-refractivity contribution in [2.75, 3.05) is 6.61 Å². The molecule has 2 atom stereocenters. The van der Waals surface area contributed by atoms with Crippen molar-refractivity contribution in [2.24, 2.45) is 0 Å². The first-order valence-electron chi connectivity index (χ1n) is 28.0. The van der Waals surface area contributed by atoms with Crippen molar-refractivity contribution in [1.82, 2.24) is 5.32 Å². The molecule has 0 aliphatic heterocycles. The molecule has 4 heteroatoms.